The highest BCUT2D eigenvalue weighted by molar-refractivity contribution is 7.99. The first-order valence-corrected chi connectivity index (χ1v) is 10.6. The van der Waals surface area contributed by atoms with E-state index in [2.05, 4.69) is 29.5 Å². The smallest absolute Gasteiger partial charge is 0.0954 e. The maximum atomic E-state index is 6.10. The summed E-state index contributed by atoms with van der Waals surface area (Å²) in [5.41, 5.74) is 10.3. The zero-order valence-corrected chi connectivity index (χ0v) is 17.8. The van der Waals surface area contributed by atoms with Crippen molar-refractivity contribution in [1.82, 2.24) is 9.55 Å². The first kappa shape index (κ1) is 20.1. The number of anilines is 1. The van der Waals surface area contributed by atoms with E-state index in [-0.39, 0.29) is 0 Å². The Bertz CT molecular complexity index is 901. The molecular weight excluding hydrogens is 397 g/mol. The second-order valence-electron chi connectivity index (χ2n) is 6.81. The number of nitrogen functional groups attached to an aromatic ring is 1. The van der Waals surface area contributed by atoms with Crippen molar-refractivity contribution in [1.29, 1.82) is 0 Å². The van der Waals surface area contributed by atoms with Crippen LogP contribution in [-0.4, -0.2) is 15.3 Å². The van der Waals surface area contributed by atoms with Crippen molar-refractivity contribution in [3.05, 3.63) is 75.8 Å². The molecule has 0 amide bonds. The molecule has 0 spiro atoms. The lowest BCUT2D eigenvalue weighted by atomic mass is 10.1. The summed E-state index contributed by atoms with van der Waals surface area (Å²) in [7, 11) is 0. The molecule has 0 atom stereocenters. The molecule has 2 N–H and O–H groups in total. The largest absolute Gasteiger partial charge is 0.399 e. The molecule has 0 saturated carbocycles. The van der Waals surface area contributed by atoms with Crippen LogP contribution in [0.4, 0.5) is 5.69 Å². The van der Waals surface area contributed by atoms with Gasteiger partial charge < -0.3 is 10.3 Å². The molecule has 3 rings (SSSR count). The Labute approximate surface area is 174 Å². The number of imidazole rings is 1. The first-order chi connectivity index (χ1) is 12.9. The summed E-state index contributed by atoms with van der Waals surface area (Å²) in [6.07, 6.45) is 2.86. The van der Waals surface area contributed by atoms with E-state index in [4.69, 9.17) is 28.9 Å². The van der Waals surface area contributed by atoms with Gasteiger partial charge in [0, 0.05) is 38.6 Å². The summed E-state index contributed by atoms with van der Waals surface area (Å²) in [4.78, 5) is 5.75. The average molecular weight is 420 g/mol. The second kappa shape index (κ2) is 9.05. The highest BCUT2D eigenvalue weighted by atomic mass is 35.5. The minimum Gasteiger partial charge on any atom is -0.399 e. The topological polar surface area (TPSA) is 43.8 Å². The van der Waals surface area contributed by atoms with Crippen molar-refractivity contribution < 1.29 is 0 Å². The first-order valence-electron chi connectivity index (χ1n) is 8.89. The molecule has 0 unspecified atom stereocenters. The predicted molar refractivity (Wildman–Crippen MR) is 117 cm³/mol. The number of hydrogen-bond donors (Lipinski definition) is 1. The van der Waals surface area contributed by atoms with Gasteiger partial charge in [-0.25, -0.2) is 4.98 Å². The molecule has 142 valence electrons. The van der Waals surface area contributed by atoms with E-state index in [1.54, 1.807) is 17.8 Å². The van der Waals surface area contributed by atoms with Crippen LogP contribution in [0.5, 0.6) is 0 Å². The fraction of sp³-hybridized carbons (Fsp3) is 0.286. The number of halogens is 2. The van der Waals surface area contributed by atoms with E-state index in [9.17, 15) is 0 Å². The van der Waals surface area contributed by atoms with Gasteiger partial charge in [0.05, 0.1) is 12.0 Å². The van der Waals surface area contributed by atoms with Crippen LogP contribution in [0.2, 0.25) is 10.0 Å². The van der Waals surface area contributed by atoms with Crippen LogP contribution in [0.15, 0.2) is 53.7 Å². The van der Waals surface area contributed by atoms with Crippen molar-refractivity contribution in [3.8, 4) is 0 Å². The average Bonchev–Trinajstić information content (AvgIpc) is 2.97. The van der Waals surface area contributed by atoms with Gasteiger partial charge in [0.2, 0.25) is 0 Å². The lowest BCUT2D eigenvalue weighted by molar-refractivity contribution is 0.731. The third-order valence-electron chi connectivity index (χ3n) is 4.27. The van der Waals surface area contributed by atoms with Crippen LogP contribution in [0.3, 0.4) is 0 Å². The highest BCUT2D eigenvalue weighted by Crippen LogP contribution is 2.28. The summed E-state index contributed by atoms with van der Waals surface area (Å²) in [6.45, 7) is 5.13. The Hall–Kier alpha value is -1.62. The molecule has 0 radical (unpaired) electrons. The Kier molecular flexibility index (Phi) is 6.74. The lowest BCUT2D eigenvalue weighted by Gasteiger charge is -2.12. The van der Waals surface area contributed by atoms with E-state index in [1.165, 1.54) is 11.3 Å². The van der Waals surface area contributed by atoms with Gasteiger partial charge in [-0.2, -0.15) is 0 Å². The third-order valence-corrected chi connectivity index (χ3v) is 5.69. The van der Waals surface area contributed by atoms with Crippen LogP contribution in [0.25, 0.3) is 0 Å². The zero-order valence-electron chi connectivity index (χ0n) is 15.5. The van der Waals surface area contributed by atoms with Gasteiger partial charge in [-0.3, -0.25) is 0 Å². The summed E-state index contributed by atoms with van der Waals surface area (Å²) >= 11 is 14.0. The van der Waals surface area contributed by atoms with Crippen LogP contribution < -0.4 is 5.73 Å². The molecule has 1 heterocycles. The quantitative estimate of drug-likeness (QED) is 0.361. The van der Waals surface area contributed by atoms with E-state index >= 15 is 0 Å². The summed E-state index contributed by atoms with van der Waals surface area (Å²) in [5.74, 6) is 1.31. The molecule has 27 heavy (non-hydrogen) atoms. The van der Waals surface area contributed by atoms with Gasteiger partial charge >= 0.3 is 0 Å². The fourth-order valence-electron chi connectivity index (χ4n) is 3.08. The van der Waals surface area contributed by atoms with Gasteiger partial charge in [-0.15, -0.1) is 11.8 Å². The maximum Gasteiger partial charge on any atom is 0.0954 e. The van der Waals surface area contributed by atoms with E-state index in [0.29, 0.717) is 16.0 Å². The van der Waals surface area contributed by atoms with Crippen molar-refractivity contribution in [2.45, 2.75) is 37.6 Å². The van der Waals surface area contributed by atoms with Crippen LogP contribution in [0, 0.1) is 0 Å². The molecule has 0 aliphatic rings. The van der Waals surface area contributed by atoms with Gasteiger partial charge in [-0.1, -0.05) is 49.2 Å². The predicted octanol–water partition coefficient (Wildman–Crippen LogP) is 6.28. The lowest BCUT2D eigenvalue weighted by Crippen LogP contribution is -2.07. The molecule has 0 saturated heterocycles. The highest BCUT2D eigenvalue weighted by Gasteiger charge is 2.14. The standard InChI is InChI=1S/C21H23Cl2N3S/c1-14(2)21-20(6-7-27-19-10-16(22)9-17(23)11-19)26(13-25-21)12-15-4-3-5-18(24)8-15/h3-5,8-11,13-14H,6-7,12,24H2,1-2H3. The summed E-state index contributed by atoms with van der Waals surface area (Å²) < 4.78 is 2.23. The minimum atomic E-state index is 0.382. The van der Waals surface area contributed by atoms with E-state index in [1.807, 2.05) is 36.7 Å². The van der Waals surface area contributed by atoms with Gasteiger partial charge in [0.15, 0.2) is 0 Å². The number of nitrogens with zero attached hydrogens (tertiary/aromatic N) is 2. The molecule has 0 bridgehead atoms. The Morgan fingerprint density at radius 1 is 1.11 bits per heavy atom. The van der Waals surface area contributed by atoms with Crippen LogP contribution in [0.1, 0.15) is 36.7 Å². The third kappa shape index (κ3) is 5.44. The van der Waals surface area contributed by atoms with E-state index < -0.39 is 0 Å². The normalized spacial score (nSPS) is 11.3. The molecule has 6 heteroatoms. The van der Waals surface area contributed by atoms with Crippen molar-refractivity contribution >= 4 is 40.7 Å². The summed E-state index contributed by atoms with van der Waals surface area (Å²) in [5, 5.41) is 1.33. The van der Waals surface area contributed by atoms with Crippen LogP contribution >= 0.6 is 35.0 Å². The molecule has 3 aromatic rings. The van der Waals surface area contributed by atoms with Crippen LogP contribution in [-0.2, 0) is 13.0 Å². The molecule has 3 nitrogen and oxygen atoms in total. The number of nitrogens with two attached hydrogens (primary N) is 1. The number of rotatable bonds is 7. The van der Waals surface area contributed by atoms with Crippen molar-refractivity contribution in [2.24, 2.45) is 0 Å². The Morgan fingerprint density at radius 3 is 2.52 bits per heavy atom. The Morgan fingerprint density at radius 2 is 1.85 bits per heavy atom. The van der Waals surface area contributed by atoms with E-state index in [0.717, 1.165) is 35.0 Å². The molecular formula is C21H23Cl2N3S. The van der Waals surface area contributed by atoms with Gasteiger partial charge in [0.25, 0.3) is 0 Å². The van der Waals surface area contributed by atoms with Crippen molar-refractivity contribution in [3.63, 3.8) is 0 Å². The van der Waals surface area contributed by atoms with Gasteiger partial charge in [0.1, 0.15) is 0 Å². The SMILES string of the molecule is CC(C)c1ncn(Cc2cccc(N)c2)c1CCSc1cc(Cl)cc(Cl)c1. The minimum absolute atomic E-state index is 0.382. The number of benzene rings is 2. The Balaban J connectivity index is 1.75. The molecule has 1 aromatic heterocycles. The second-order valence-corrected chi connectivity index (χ2v) is 8.85. The maximum absolute atomic E-state index is 6.10. The number of aromatic nitrogens is 2. The molecule has 0 fully saturated rings. The molecule has 0 aliphatic carbocycles. The number of thioether (sulfide) groups is 1. The molecule has 2 aromatic carbocycles. The summed E-state index contributed by atoms with van der Waals surface area (Å²) in [6, 6.07) is 13.7. The van der Waals surface area contributed by atoms with Gasteiger partial charge in [-0.05, 0) is 48.2 Å². The van der Waals surface area contributed by atoms with Crippen molar-refractivity contribution in [2.75, 3.05) is 11.5 Å². The molecule has 0 aliphatic heterocycles. The zero-order chi connectivity index (χ0) is 19.4. The monoisotopic (exact) mass is 419 g/mol. The fourth-order valence-corrected chi connectivity index (χ4v) is 4.69. The number of hydrogen-bond acceptors (Lipinski definition) is 3.